The van der Waals surface area contributed by atoms with E-state index in [0.29, 0.717) is 23.9 Å². The summed E-state index contributed by atoms with van der Waals surface area (Å²) in [6.07, 6.45) is 0. The van der Waals surface area contributed by atoms with E-state index in [0.717, 1.165) is 22.4 Å². The zero-order valence-corrected chi connectivity index (χ0v) is 17.8. The lowest BCUT2D eigenvalue weighted by molar-refractivity contribution is -0.124. The number of benzene rings is 3. The monoisotopic (exact) mass is 418 g/mol. The van der Waals surface area contributed by atoms with Gasteiger partial charge in [0.15, 0.2) is 0 Å². The molecular weight excluding hydrogens is 396 g/mol. The van der Waals surface area contributed by atoms with Crippen LogP contribution in [0, 0.1) is 5.41 Å². The molecule has 0 unspecified atom stereocenters. The van der Waals surface area contributed by atoms with Crippen LogP contribution in [0.2, 0.25) is 5.02 Å². The molecule has 3 aromatic rings. The number of carbonyl (C=O) groups excluding carboxylic acids is 1. The standard InChI is InChI=1S/C25H23ClN2O2/c1-25(2)23(27-30-17-19-11-7-4-8-12-19)21-15-20(26)13-14-22(21)28(24(25)29)16-18-9-5-3-6-10-18/h3-15H,16-17H2,1-2H3. The molecule has 1 aliphatic rings. The molecule has 1 aliphatic heterocycles. The van der Waals surface area contributed by atoms with Crippen LogP contribution in [-0.4, -0.2) is 11.6 Å². The maximum atomic E-state index is 13.5. The van der Waals surface area contributed by atoms with Crippen molar-refractivity contribution in [3.63, 3.8) is 0 Å². The second-order valence-electron chi connectivity index (χ2n) is 7.86. The highest BCUT2D eigenvalue weighted by atomic mass is 35.5. The van der Waals surface area contributed by atoms with Gasteiger partial charge in [-0.25, -0.2) is 0 Å². The van der Waals surface area contributed by atoms with Crippen molar-refractivity contribution >= 4 is 28.9 Å². The normalized spacial score (nSPS) is 16.4. The van der Waals surface area contributed by atoms with E-state index < -0.39 is 5.41 Å². The van der Waals surface area contributed by atoms with Gasteiger partial charge in [0.25, 0.3) is 0 Å². The lowest BCUT2D eigenvalue weighted by Crippen LogP contribution is -2.50. The predicted molar refractivity (Wildman–Crippen MR) is 121 cm³/mol. The lowest BCUT2D eigenvalue weighted by atomic mass is 9.78. The van der Waals surface area contributed by atoms with Gasteiger partial charge in [0, 0.05) is 10.6 Å². The zero-order valence-electron chi connectivity index (χ0n) is 17.0. The minimum absolute atomic E-state index is 0.0248. The minimum atomic E-state index is -0.858. The first-order valence-corrected chi connectivity index (χ1v) is 10.2. The van der Waals surface area contributed by atoms with Crippen LogP contribution in [-0.2, 0) is 22.8 Å². The summed E-state index contributed by atoms with van der Waals surface area (Å²) < 4.78 is 0. The first-order valence-electron chi connectivity index (χ1n) is 9.87. The third-order valence-corrected chi connectivity index (χ3v) is 5.52. The third kappa shape index (κ3) is 3.96. The number of halogens is 1. The van der Waals surface area contributed by atoms with Crippen LogP contribution in [0.4, 0.5) is 5.69 Å². The maximum Gasteiger partial charge on any atom is 0.239 e. The molecule has 0 bridgehead atoms. The summed E-state index contributed by atoms with van der Waals surface area (Å²) in [6, 6.07) is 25.3. The van der Waals surface area contributed by atoms with Crippen molar-refractivity contribution < 1.29 is 9.63 Å². The van der Waals surface area contributed by atoms with Crippen LogP contribution >= 0.6 is 11.6 Å². The summed E-state index contributed by atoms with van der Waals surface area (Å²) in [6.45, 7) is 4.57. The number of hydrogen-bond donors (Lipinski definition) is 0. The summed E-state index contributed by atoms with van der Waals surface area (Å²) in [5.74, 6) is -0.0248. The number of hydrogen-bond acceptors (Lipinski definition) is 3. The van der Waals surface area contributed by atoms with Crippen molar-refractivity contribution in [3.8, 4) is 0 Å². The largest absolute Gasteiger partial charge is 0.391 e. The maximum absolute atomic E-state index is 13.5. The Hall–Kier alpha value is -3.11. The summed E-state index contributed by atoms with van der Waals surface area (Å²) in [4.78, 5) is 21.0. The Morgan fingerprint density at radius 3 is 2.23 bits per heavy atom. The van der Waals surface area contributed by atoms with Gasteiger partial charge in [-0.2, -0.15) is 0 Å². The average Bonchev–Trinajstić information content (AvgIpc) is 2.75. The Labute approximate surface area is 181 Å². The molecule has 3 aromatic carbocycles. The van der Waals surface area contributed by atoms with Crippen molar-refractivity contribution in [2.24, 2.45) is 10.6 Å². The highest BCUT2D eigenvalue weighted by Gasteiger charge is 2.45. The van der Waals surface area contributed by atoms with E-state index in [1.165, 1.54) is 0 Å². The van der Waals surface area contributed by atoms with Crippen molar-refractivity contribution in [2.45, 2.75) is 27.0 Å². The van der Waals surface area contributed by atoms with Gasteiger partial charge in [0.2, 0.25) is 5.91 Å². The summed E-state index contributed by atoms with van der Waals surface area (Å²) in [5, 5.41) is 5.01. The van der Waals surface area contributed by atoms with Gasteiger partial charge in [-0.3, -0.25) is 4.79 Å². The van der Waals surface area contributed by atoms with Crippen molar-refractivity contribution in [2.75, 3.05) is 4.90 Å². The molecule has 0 fully saturated rings. The van der Waals surface area contributed by atoms with Crippen molar-refractivity contribution in [1.29, 1.82) is 0 Å². The molecule has 5 heteroatoms. The molecule has 4 nitrogen and oxygen atoms in total. The number of fused-ring (bicyclic) bond motifs is 1. The minimum Gasteiger partial charge on any atom is -0.391 e. The Bertz CT molecular complexity index is 1080. The van der Waals surface area contributed by atoms with Gasteiger partial charge in [-0.1, -0.05) is 77.4 Å². The van der Waals surface area contributed by atoms with Crippen LogP contribution in [0.1, 0.15) is 30.5 Å². The molecule has 1 heterocycles. The molecule has 4 rings (SSSR count). The molecule has 152 valence electrons. The molecule has 0 N–H and O–H groups in total. The highest BCUT2D eigenvalue weighted by Crippen LogP contribution is 2.40. The lowest BCUT2D eigenvalue weighted by Gasteiger charge is -2.39. The predicted octanol–water partition coefficient (Wildman–Crippen LogP) is 5.83. The van der Waals surface area contributed by atoms with E-state index in [9.17, 15) is 4.79 Å². The number of anilines is 1. The summed E-state index contributed by atoms with van der Waals surface area (Å²) >= 11 is 6.31. The van der Waals surface area contributed by atoms with Crippen LogP contribution in [0.25, 0.3) is 0 Å². The highest BCUT2D eigenvalue weighted by molar-refractivity contribution is 6.32. The van der Waals surface area contributed by atoms with E-state index in [1.54, 1.807) is 11.0 Å². The van der Waals surface area contributed by atoms with E-state index in [1.807, 2.05) is 86.6 Å². The van der Waals surface area contributed by atoms with Crippen molar-refractivity contribution in [3.05, 3.63) is 101 Å². The SMILES string of the molecule is CC1(C)C(=O)N(Cc2ccccc2)c2ccc(Cl)cc2C1=NOCc1ccccc1. The van der Waals surface area contributed by atoms with Crippen LogP contribution in [0.3, 0.4) is 0 Å². The summed E-state index contributed by atoms with van der Waals surface area (Å²) in [7, 11) is 0. The summed E-state index contributed by atoms with van der Waals surface area (Å²) in [5.41, 5.74) is 3.40. The van der Waals surface area contributed by atoms with E-state index in [-0.39, 0.29) is 5.91 Å². The number of amides is 1. The Balaban J connectivity index is 1.71. The molecule has 0 spiro atoms. The van der Waals surface area contributed by atoms with Crippen molar-refractivity contribution in [1.82, 2.24) is 0 Å². The molecule has 0 aromatic heterocycles. The first kappa shape index (κ1) is 20.2. The fourth-order valence-corrected chi connectivity index (χ4v) is 3.82. The smallest absolute Gasteiger partial charge is 0.239 e. The molecule has 1 amide bonds. The average molecular weight is 419 g/mol. The van der Waals surface area contributed by atoms with Crippen LogP contribution in [0.15, 0.2) is 84.0 Å². The third-order valence-electron chi connectivity index (χ3n) is 5.29. The van der Waals surface area contributed by atoms with Gasteiger partial charge >= 0.3 is 0 Å². The quantitative estimate of drug-likeness (QED) is 0.489. The van der Waals surface area contributed by atoms with E-state index >= 15 is 0 Å². The van der Waals surface area contributed by atoms with Gasteiger partial charge in [0.1, 0.15) is 12.3 Å². The topological polar surface area (TPSA) is 41.9 Å². The van der Waals surface area contributed by atoms with Crippen LogP contribution < -0.4 is 4.90 Å². The second-order valence-corrected chi connectivity index (χ2v) is 8.30. The molecule has 30 heavy (non-hydrogen) atoms. The zero-order chi connectivity index (χ0) is 21.1. The fraction of sp³-hybridized carbons (Fsp3) is 0.200. The van der Waals surface area contributed by atoms with Crippen LogP contribution in [0.5, 0.6) is 0 Å². The van der Waals surface area contributed by atoms with E-state index in [2.05, 4.69) is 5.16 Å². The molecule has 0 atom stereocenters. The van der Waals surface area contributed by atoms with Gasteiger partial charge in [-0.15, -0.1) is 0 Å². The number of nitrogens with zero attached hydrogens (tertiary/aromatic N) is 2. The Morgan fingerprint density at radius 2 is 1.57 bits per heavy atom. The Morgan fingerprint density at radius 1 is 0.933 bits per heavy atom. The van der Waals surface area contributed by atoms with Gasteiger partial charge in [0.05, 0.1) is 17.6 Å². The fourth-order valence-electron chi connectivity index (χ4n) is 3.65. The van der Waals surface area contributed by atoms with Gasteiger partial charge < -0.3 is 9.74 Å². The first-order chi connectivity index (χ1) is 14.5. The number of rotatable bonds is 5. The number of oxime groups is 1. The van der Waals surface area contributed by atoms with Gasteiger partial charge in [-0.05, 0) is 43.2 Å². The molecule has 0 radical (unpaired) electrons. The molecule has 0 saturated heterocycles. The van der Waals surface area contributed by atoms with E-state index in [4.69, 9.17) is 16.4 Å². The molecule has 0 aliphatic carbocycles. The molecule has 0 saturated carbocycles. The second kappa shape index (κ2) is 8.33. The molecular formula is C25H23ClN2O2. The number of carbonyl (C=O) groups is 1. The Kier molecular flexibility index (Phi) is 5.60.